The van der Waals surface area contributed by atoms with Gasteiger partial charge in [0.1, 0.15) is 18.4 Å². The predicted molar refractivity (Wildman–Crippen MR) is 124 cm³/mol. The second-order valence-corrected chi connectivity index (χ2v) is 8.85. The van der Waals surface area contributed by atoms with Crippen LogP contribution in [-0.4, -0.2) is 69.6 Å². The number of likely N-dealkylation sites (tertiary alicyclic amines) is 1. The number of hydrogen-bond donors (Lipinski definition) is 3. The number of thiazole rings is 1. The first-order chi connectivity index (χ1) is 16.3. The van der Waals surface area contributed by atoms with E-state index in [4.69, 9.17) is 16.7 Å². The molecule has 0 bridgehead atoms. The monoisotopic (exact) mass is 506 g/mol. The number of hydrogen-bond acceptors (Lipinski definition) is 7. The van der Waals surface area contributed by atoms with Crippen LogP contribution in [-0.2, 0) is 25.6 Å². The first kappa shape index (κ1) is 25.3. The van der Waals surface area contributed by atoms with Gasteiger partial charge in [-0.05, 0) is 25.0 Å². The second-order valence-electron chi connectivity index (χ2n) is 7.73. The average Bonchev–Trinajstić information content (AvgIpc) is 3.49. The lowest BCUT2D eigenvalue weighted by Crippen LogP contribution is -2.55. The maximum atomic E-state index is 13.5. The highest BCUT2D eigenvalue weighted by atomic mass is 35.5. The number of carbonyl (C=O) groups is 5. The van der Waals surface area contributed by atoms with Crippen LogP contribution in [0.4, 0.5) is 0 Å². The molecular formula is C22H23ClN4O6S. The third kappa shape index (κ3) is 6.39. The van der Waals surface area contributed by atoms with Crippen molar-refractivity contribution in [1.82, 2.24) is 20.5 Å². The number of aldehydes is 1. The van der Waals surface area contributed by atoms with E-state index in [2.05, 4.69) is 15.6 Å². The largest absolute Gasteiger partial charge is 0.481 e. The molecule has 3 amide bonds. The average molecular weight is 507 g/mol. The molecule has 0 radical (unpaired) electrons. The summed E-state index contributed by atoms with van der Waals surface area (Å²) in [6.45, 7) is 0.275. The van der Waals surface area contributed by atoms with Gasteiger partial charge in [0.05, 0.1) is 34.3 Å². The Morgan fingerprint density at radius 2 is 2.03 bits per heavy atom. The maximum Gasteiger partial charge on any atom is 0.305 e. The summed E-state index contributed by atoms with van der Waals surface area (Å²) in [4.78, 5) is 66.7. The fraction of sp³-hybridized carbons (Fsp3) is 0.364. The first-order valence-electron chi connectivity index (χ1n) is 10.5. The lowest BCUT2D eigenvalue weighted by molar-refractivity contribution is -0.142. The summed E-state index contributed by atoms with van der Waals surface area (Å²) in [5.41, 5.74) is 2.42. The van der Waals surface area contributed by atoms with Crippen molar-refractivity contribution < 1.29 is 29.1 Å². The van der Waals surface area contributed by atoms with E-state index in [1.54, 1.807) is 29.1 Å². The molecule has 12 heteroatoms. The number of carbonyl (C=O) groups excluding carboxylic acids is 4. The molecule has 2 heterocycles. The Morgan fingerprint density at radius 3 is 2.68 bits per heavy atom. The van der Waals surface area contributed by atoms with Gasteiger partial charge in [-0.1, -0.05) is 23.7 Å². The van der Waals surface area contributed by atoms with E-state index in [0.717, 1.165) is 0 Å². The van der Waals surface area contributed by atoms with Gasteiger partial charge in [-0.25, -0.2) is 4.98 Å². The van der Waals surface area contributed by atoms with Crippen LogP contribution >= 0.6 is 22.9 Å². The lowest BCUT2D eigenvalue weighted by atomic mass is 10.1. The smallest absolute Gasteiger partial charge is 0.305 e. The molecule has 1 fully saturated rings. The third-order valence-electron chi connectivity index (χ3n) is 5.34. The van der Waals surface area contributed by atoms with E-state index >= 15 is 0 Å². The number of benzene rings is 1. The van der Waals surface area contributed by atoms with E-state index in [1.165, 1.54) is 22.3 Å². The van der Waals surface area contributed by atoms with Crippen molar-refractivity contribution in [2.45, 2.75) is 43.8 Å². The Labute approximate surface area is 204 Å². The van der Waals surface area contributed by atoms with E-state index < -0.39 is 48.2 Å². The van der Waals surface area contributed by atoms with Gasteiger partial charge in [-0.2, -0.15) is 0 Å². The normalized spacial score (nSPS) is 17.0. The molecule has 3 N–H and O–H groups in total. The summed E-state index contributed by atoms with van der Waals surface area (Å²) in [7, 11) is 0. The van der Waals surface area contributed by atoms with Crippen LogP contribution in [0.15, 0.2) is 35.2 Å². The van der Waals surface area contributed by atoms with Gasteiger partial charge in [0.25, 0.3) is 5.91 Å². The van der Waals surface area contributed by atoms with E-state index in [9.17, 15) is 24.0 Å². The highest BCUT2D eigenvalue weighted by molar-refractivity contribution is 7.07. The van der Waals surface area contributed by atoms with Crippen molar-refractivity contribution in [3.63, 3.8) is 0 Å². The van der Waals surface area contributed by atoms with Crippen molar-refractivity contribution in [3.05, 3.63) is 51.4 Å². The molecule has 1 aromatic heterocycles. The zero-order chi connectivity index (χ0) is 24.7. The molecular weight excluding hydrogens is 484 g/mol. The van der Waals surface area contributed by atoms with Gasteiger partial charge in [0.2, 0.25) is 11.8 Å². The SMILES string of the molecule is O=C[C@H](CC(=O)O)NC(=O)[C@@H]1CCCN1C(=O)[C@H](Cc1cscn1)NC(=O)c1ccccc1Cl. The van der Waals surface area contributed by atoms with Crippen LogP contribution in [0.2, 0.25) is 5.02 Å². The summed E-state index contributed by atoms with van der Waals surface area (Å²) >= 11 is 7.47. The minimum absolute atomic E-state index is 0.110. The highest BCUT2D eigenvalue weighted by Gasteiger charge is 2.38. The number of nitrogens with zero attached hydrogens (tertiary/aromatic N) is 2. The van der Waals surface area contributed by atoms with Gasteiger partial charge in [-0.15, -0.1) is 11.3 Å². The van der Waals surface area contributed by atoms with E-state index in [-0.39, 0.29) is 23.6 Å². The zero-order valence-corrected chi connectivity index (χ0v) is 19.6. The first-order valence-corrected chi connectivity index (χ1v) is 11.8. The third-order valence-corrected chi connectivity index (χ3v) is 6.31. The topological polar surface area (TPSA) is 146 Å². The molecule has 0 aliphatic carbocycles. The van der Waals surface area contributed by atoms with Crippen molar-refractivity contribution in [3.8, 4) is 0 Å². The van der Waals surface area contributed by atoms with Crippen molar-refractivity contribution in [2.24, 2.45) is 0 Å². The Bertz CT molecular complexity index is 1060. The number of carboxylic acids is 1. The molecule has 1 aliphatic heterocycles. The number of halogens is 1. The minimum atomic E-state index is -1.23. The van der Waals surface area contributed by atoms with Crippen LogP contribution in [0, 0.1) is 0 Å². The summed E-state index contributed by atoms with van der Waals surface area (Å²) in [6, 6.07) is 3.33. The summed E-state index contributed by atoms with van der Waals surface area (Å²) in [6.07, 6.45) is 0.784. The zero-order valence-electron chi connectivity index (χ0n) is 18.0. The molecule has 0 saturated carbocycles. The van der Waals surface area contributed by atoms with Gasteiger partial charge in [0.15, 0.2) is 0 Å². The summed E-state index contributed by atoms with van der Waals surface area (Å²) in [5, 5.41) is 16.0. The predicted octanol–water partition coefficient (Wildman–Crippen LogP) is 1.29. The van der Waals surface area contributed by atoms with Crippen LogP contribution in [0.25, 0.3) is 0 Å². The number of carboxylic acid groups (broad SMARTS) is 1. The van der Waals surface area contributed by atoms with Crippen molar-refractivity contribution >= 4 is 52.9 Å². The molecule has 2 aromatic rings. The number of rotatable bonds is 10. The molecule has 3 rings (SSSR count). The van der Waals surface area contributed by atoms with Crippen LogP contribution < -0.4 is 10.6 Å². The van der Waals surface area contributed by atoms with Gasteiger partial charge < -0.3 is 25.4 Å². The Kier molecular flexibility index (Phi) is 8.72. The van der Waals surface area contributed by atoms with Gasteiger partial charge >= 0.3 is 5.97 Å². The Morgan fingerprint density at radius 1 is 1.26 bits per heavy atom. The molecule has 34 heavy (non-hydrogen) atoms. The van der Waals surface area contributed by atoms with Crippen molar-refractivity contribution in [1.29, 1.82) is 0 Å². The standard InChI is InChI=1S/C22H23ClN4O6S/c23-16-5-2-1-4-15(16)20(31)26-17(8-14-11-34-12-24-14)22(33)27-7-3-6-18(27)21(32)25-13(10-28)9-19(29)30/h1-2,4-5,10-13,17-18H,3,6-9H2,(H,25,32)(H,26,31)(H,29,30)/t13-,17-,18-/m0/s1. The lowest BCUT2D eigenvalue weighted by Gasteiger charge is -2.29. The minimum Gasteiger partial charge on any atom is -0.481 e. The molecule has 1 aliphatic rings. The second kappa shape index (κ2) is 11.7. The molecule has 1 saturated heterocycles. The van der Waals surface area contributed by atoms with Crippen LogP contribution in [0.3, 0.4) is 0 Å². The van der Waals surface area contributed by atoms with Crippen LogP contribution in [0.1, 0.15) is 35.3 Å². The van der Waals surface area contributed by atoms with E-state index in [1.807, 2.05) is 0 Å². The summed E-state index contributed by atoms with van der Waals surface area (Å²) in [5.74, 6) is -2.87. The Balaban J connectivity index is 1.78. The molecule has 180 valence electrons. The number of aromatic nitrogens is 1. The molecule has 1 aromatic carbocycles. The maximum absolute atomic E-state index is 13.5. The molecule has 3 atom stereocenters. The van der Waals surface area contributed by atoms with E-state index in [0.29, 0.717) is 24.8 Å². The number of nitrogens with one attached hydrogen (secondary N) is 2. The van der Waals surface area contributed by atoms with Gasteiger partial charge in [0, 0.05) is 18.3 Å². The summed E-state index contributed by atoms with van der Waals surface area (Å²) < 4.78 is 0. The van der Waals surface area contributed by atoms with Crippen LogP contribution in [0.5, 0.6) is 0 Å². The number of aliphatic carboxylic acids is 1. The molecule has 10 nitrogen and oxygen atoms in total. The highest BCUT2D eigenvalue weighted by Crippen LogP contribution is 2.21. The number of amides is 3. The van der Waals surface area contributed by atoms with Gasteiger partial charge in [-0.3, -0.25) is 19.2 Å². The fourth-order valence-electron chi connectivity index (χ4n) is 3.73. The Hall–Kier alpha value is -3.31. The molecule has 0 unspecified atom stereocenters. The quantitative estimate of drug-likeness (QED) is 0.411. The fourth-order valence-corrected chi connectivity index (χ4v) is 4.53. The molecule has 0 spiro atoms. The van der Waals surface area contributed by atoms with Crippen molar-refractivity contribution in [2.75, 3.05) is 6.54 Å².